The molecule has 0 radical (unpaired) electrons. The van der Waals surface area contributed by atoms with E-state index in [9.17, 15) is 57.1 Å². The Morgan fingerprint density at radius 3 is 1.00 bits per heavy atom. The van der Waals surface area contributed by atoms with Crippen molar-refractivity contribution in [3.8, 4) is 0 Å². The molecule has 0 saturated heterocycles. The maximum Gasteiger partial charge on any atom is 0.204 e. The Morgan fingerprint density at radius 2 is 0.667 bits per heavy atom. The van der Waals surface area contributed by atoms with Gasteiger partial charge >= 0.3 is 0 Å². The number of nitrogens with zero attached hydrogens (tertiary/aromatic N) is 2. The molecule has 0 fully saturated rings. The van der Waals surface area contributed by atoms with E-state index >= 15 is 35.1 Å². The number of hydrogen-bond acceptors (Lipinski definition) is 1. The first-order chi connectivity index (χ1) is 31.0. The summed E-state index contributed by atoms with van der Waals surface area (Å²) >= 11 is 0. The van der Waals surface area contributed by atoms with Gasteiger partial charge in [0.05, 0.1) is 18.8 Å². The lowest BCUT2D eigenvalue weighted by Gasteiger charge is -2.44. The Kier molecular flexibility index (Phi) is 13.6. The van der Waals surface area contributed by atoms with Gasteiger partial charge in [0.1, 0.15) is 58.5 Å². The molecule has 2 nitrogen and oxygen atoms in total. The van der Waals surface area contributed by atoms with Gasteiger partial charge in [0, 0.05) is 5.56 Å². The van der Waals surface area contributed by atoms with Crippen molar-refractivity contribution in [1.29, 1.82) is 0 Å². The second-order valence-electron chi connectivity index (χ2n) is 13.7. The molecule has 6 aromatic carbocycles. The first-order valence-electron chi connectivity index (χ1n) is 17.9. The zero-order valence-electron chi connectivity index (χ0n) is 31.8. The Balaban J connectivity index is 0.000000284. The minimum absolute atomic E-state index is 0.174. The average molecular weight is 958 g/mol. The highest BCUT2D eigenvalue weighted by atomic mass is 19.2. The highest BCUT2D eigenvalue weighted by Gasteiger charge is 2.52. The molecule has 7 rings (SSSR count). The van der Waals surface area contributed by atoms with Gasteiger partial charge in [-0.2, -0.15) is 4.57 Å². The van der Waals surface area contributed by atoms with E-state index in [1.165, 1.54) is 11.6 Å². The Morgan fingerprint density at radius 1 is 0.364 bits per heavy atom. The molecule has 0 saturated carbocycles. The van der Waals surface area contributed by atoms with Gasteiger partial charge < -0.3 is 0 Å². The van der Waals surface area contributed by atoms with Crippen molar-refractivity contribution < 1.29 is 96.8 Å². The zero-order chi connectivity index (χ0) is 48.8. The standard InChI is InChI=1S/C24BF20.C18H16FN2/c26-5-1(6(27)14(35)21(42)13(5)34)25(2-7(28)15(36)22(43)16(37)8(2)29,3-9(30)17(38)23(44)18(39)10(3)31)4-11(32)19(40)24(45)20(41)12(4)33;19-18-9-5-4-8-16(18)12-17-13-20-10-11-21(17)14-15-6-2-1-3-7-15/h;1-11,13H,12,14H2/q-1;+1. The lowest BCUT2D eigenvalue weighted by Crippen LogP contribution is -2.81. The molecule has 0 unspecified atom stereocenters. The smallest absolute Gasteiger partial charge is 0.204 e. The second-order valence-corrected chi connectivity index (χ2v) is 13.7. The minimum atomic E-state index is -7.22. The van der Waals surface area contributed by atoms with Gasteiger partial charge in [0.15, 0.2) is 82.5 Å². The van der Waals surface area contributed by atoms with E-state index in [0.717, 1.165) is 12.2 Å². The summed E-state index contributed by atoms with van der Waals surface area (Å²) < 4.78 is 310. The van der Waals surface area contributed by atoms with Gasteiger partial charge in [-0.15, -0.1) is 21.9 Å². The van der Waals surface area contributed by atoms with Gasteiger partial charge in [-0.25, -0.2) is 92.2 Å². The maximum atomic E-state index is 15.4. The Labute approximate surface area is 354 Å². The van der Waals surface area contributed by atoms with Crippen molar-refractivity contribution in [2.75, 3.05) is 0 Å². The third-order valence-corrected chi connectivity index (χ3v) is 10.2. The monoisotopic (exact) mass is 958 g/mol. The van der Waals surface area contributed by atoms with Gasteiger partial charge in [-0.3, -0.25) is 4.98 Å². The third kappa shape index (κ3) is 7.84. The summed E-state index contributed by atoms with van der Waals surface area (Å²) in [4.78, 5) is 4.17. The minimum Gasteiger partial charge on any atom is -0.252 e. The summed E-state index contributed by atoms with van der Waals surface area (Å²) in [5, 5.41) is 0. The number of rotatable bonds is 8. The van der Waals surface area contributed by atoms with Crippen LogP contribution in [0, 0.1) is 122 Å². The second kappa shape index (κ2) is 18.5. The van der Waals surface area contributed by atoms with E-state index in [0.29, 0.717) is 12.0 Å². The number of aromatic nitrogens is 2. The maximum absolute atomic E-state index is 15.4. The largest absolute Gasteiger partial charge is 0.252 e. The quantitative estimate of drug-likeness (QED) is 0.0489. The van der Waals surface area contributed by atoms with Crippen molar-refractivity contribution in [3.05, 3.63) is 212 Å². The summed E-state index contributed by atoms with van der Waals surface area (Å²) in [6.45, 7) is 0.757. The molecule has 0 spiro atoms. The molecule has 1 heterocycles. The molecule has 1 aromatic heterocycles. The predicted molar refractivity (Wildman–Crippen MR) is 188 cm³/mol. The van der Waals surface area contributed by atoms with E-state index in [1.807, 2.05) is 36.5 Å². The van der Waals surface area contributed by atoms with E-state index in [4.69, 9.17) is 0 Å². The summed E-state index contributed by atoms with van der Waals surface area (Å²) in [6.07, 6.45) is -1.19. The molecule has 0 bridgehead atoms. The molecule has 0 aliphatic heterocycles. The highest BCUT2D eigenvalue weighted by molar-refractivity contribution is 7.20. The molecule has 344 valence electrons. The van der Waals surface area contributed by atoms with Crippen molar-refractivity contribution in [2.45, 2.75) is 13.0 Å². The Hall–Kier alpha value is -7.01. The van der Waals surface area contributed by atoms with Crippen LogP contribution in [0.4, 0.5) is 92.2 Å². The first-order valence-corrected chi connectivity index (χ1v) is 17.9. The van der Waals surface area contributed by atoms with Crippen molar-refractivity contribution in [1.82, 2.24) is 4.98 Å². The molecular weight excluding hydrogens is 942 g/mol. The van der Waals surface area contributed by atoms with Crippen molar-refractivity contribution >= 4 is 28.0 Å². The van der Waals surface area contributed by atoms with Crippen LogP contribution in [-0.4, -0.2) is 11.1 Å². The summed E-state index contributed by atoms with van der Waals surface area (Å²) in [5.41, 5.74) is -11.4. The van der Waals surface area contributed by atoms with Crippen molar-refractivity contribution in [3.63, 3.8) is 0 Å². The molecule has 0 N–H and O–H groups in total. The van der Waals surface area contributed by atoms with Crippen LogP contribution >= 0.6 is 0 Å². The zero-order valence-corrected chi connectivity index (χ0v) is 31.8. The molecular formula is C42H16BF21N2. The fourth-order valence-electron chi connectivity index (χ4n) is 7.21. The van der Waals surface area contributed by atoms with Crippen LogP contribution in [0.15, 0.2) is 73.2 Å². The average Bonchev–Trinajstić information content (AvgIpc) is 3.30. The van der Waals surface area contributed by atoms with Crippen LogP contribution in [0.25, 0.3) is 0 Å². The lowest BCUT2D eigenvalue weighted by molar-refractivity contribution is -0.695. The third-order valence-electron chi connectivity index (χ3n) is 10.2. The SMILES string of the molecule is Fc1c(F)c(F)c([B-](c2c(F)c(F)c(F)c(F)c2F)(c2c(F)c(F)c(F)c(F)c2F)c2c(F)c(F)c(F)c(F)c2F)c(F)c1F.Fc1ccccc1Cc1cncc[n+]1Cc1ccccc1. The van der Waals surface area contributed by atoms with Crippen LogP contribution in [-0.2, 0) is 13.0 Å². The lowest BCUT2D eigenvalue weighted by atomic mass is 9.12. The first kappa shape index (κ1) is 48.5. The van der Waals surface area contributed by atoms with Crippen LogP contribution in [0.1, 0.15) is 16.8 Å². The number of benzene rings is 6. The van der Waals surface area contributed by atoms with E-state index < -0.39 is 144 Å². The number of halogens is 21. The van der Waals surface area contributed by atoms with E-state index in [2.05, 4.69) is 21.7 Å². The van der Waals surface area contributed by atoms with Crippen LogP contribution in [0.2, 0.25) is 0 Å². The van der Waals surface area contributed by atoms with Crippen molar-refractivity contribution in [2.24, 2.45) is 0 Å². The van der Waals surface area contributed by atoms with Gasteiger partial charge in [0.25, 0.3) is 0 Å². The fraction of sp³-hybridized carbons (Fsp3) is 0.0476. The molecule has 7 aromatic rings. The Bertz CT molecular complexity index is 2680. The topological polar surface area (TPSA) is 16.8 Å². The van der Waals surface area contributed by atoms with Crippen LogP contribution in [0.3, 0.4) is 0 Å². The molecule has 24 heteroatoms. The predicted octanol–water partition coefficient (Wildman–Crippen LogP) is 8.99. The van der Waals surface area contributed by atoms with Crippen LogP contribution in [0.5, 0.6) is 0 Å². The summed E-state index contributed by atoms with van der Waals surface area (Å²) in [6, 6.07) is 17.1. The summed E-state index contributed by atoms with van der Waals surface area (Å²) in [7, 11) is 0. The molecule has 0 aliphatic carbocycles. The summed E-state index contributed by atoms with van der Waals surface area (Å²) in [5.74, 6) is -71.6. The highest BCUT2D eigenvalue weighted by Crippen LogP contribution is 2.31. The molecule has 0 amide bonds. The van der Waals surface area contributed by atoms with E-state index in [-0.39, 0.29) is 5.82 Å². The van der Waals surface area contributed by atoms with Gasteiger partial charge in [-0.1, -0.05) is 48.5 Å². The van der Waals surface area contributed by atoms with Crippen LogP contribution < -0.4 is 26.4 Å². The molecule has 0 atom stereocenters. The van der Waals surface area contributed by atoms with E-state index in [1.54, 1.807) is 18.5 Å². The normalized spacial score (nSPS) is 11.5. The molecule has 0 aliphatic rings. The fourth-order valence-corrected chi connectivity index (χ4v) is 7.21. The number of hydrogen-bond donors (Lipinski definition) is 0. The molecule has 66 heavy (non-hydrogen) atoms. The van der Waals surface area contributed by atoms with Gasteiger partial charge in [0.2, 0.25) is 5.69 Å². The van der Waals surface area contributed by atoms with Gasteiger partial charge in [-0.05, 0) is 11.6 Å².